The molecule has 1 saturated carbocycles. The molecule has 1 aromatic heterocycles. The standard InChI is InChI=1S/C13H20N2O3S/c1-4-7-15(11-5-6-11)19(16,17)13-10(3)18-9(2)12(13)8-14/h4,11H,1,5-8,14H2,2-3H3. The molecule has 0 spiro atoms. The van der Waals surface area contributed by atoms with Crippen molar-refractivity contribution >= 4 is 10.0 Å². The maximum Gasteiger partial charge on any atom is 0.247 e. The van der Waals surface area contributed by atoms with Gasteiger partial charge in [0.25, 0.3) is 0 Å². The molecule has 0 unspecified atom stereocenters. The number of hydrogen-bond acceptors (Lipinski definition) is 4. The molecule has 2 N–H and O–H groups in total. The average molecular weight is 284 g/mol. The molecular weight excluding hydrogens is 264 g/mol. The molecular formula is C13H20N2O3S. The van der Waals surface area contributed by atoms with Crippen molar-refractivity contribution in [2.75, 3.05) is 6.54 Å². The zero-order chi connectivity index (χ0) is 14.2. The molecule has 1 fully saturated rings. The van der Waals surface area contributed by atoms with Crippen LogP contribution in [-0.4, -0.2) is 25.3 Å². The van der Waals surface area contributed by atoms with Crippen molar-refractivity contribution in [1.29, 1.82) is 0 Å². The van der Waals surface area contributed by atoms with Crippen molar-refractivity contribution < 1.29 is 12.8 Å². The normalized spacial score (nSPS) is 16.0. The molecule has 2 rings (SSSR count). The number of rotatable bonds is 6. The zero-order valence-corrected chi connectivity index (χ0v) is 12.2. The molecule has 0 atom stereocenters. The van der Waals surface area contributed by atoms with Gasteiger partial charge in [-0.1, -0.05) is 6.08 Å². The van der Waals surface area contributed by atoms with E-state index >= 15 is 0 Å². The fraction of sp³-hybridized carbons (Fsp3) is 0.538. The summed E-state index contributed by atoms with van der Waals surface area (Å²) in [6.07, 6.45) is 3.42. The summed E-state index contributed by atoms with van der Waals surface area (Å²) < 4.78 is 32.5. The summed E-state index contributed by atoms with van der Waals surface area (Å²) in [4.78, 5) is 0.237. The molecule has 1 aromatic rings. The summed E-state index contributed by atoms with van der Waals surface area (Å²) in [6, 6.07) is 0.0863. The highest BCUT2D eigenvalue weighted by Crippen LogP contribution is 2.35. The van der Waals surface area contributed by atoms with E-state index in [0.717, 1.165) is 12.8 Å². The van der Waals surface area contributed by atoms with Gasteiger partial charge in [0.1, 0.15) is 16.4 Å². The first-order chi connectivity index (χ1) is 8.93. The van der Waals surface area contributed by atoms with Crippen LogP contribution in [0.2, 0.25) is 0 Å². The van der Waals surface area contributed by atoms with Crippen molar-refractivity contribution in [3.05, 3.63) is 29.7 Å². The monoisotopic (exact) mass is 284 g/mol. The minimum Gasteiger partial charge on any atom is -0.465 e. The molecule has 1 heterocycles. The van der Waals surface area contributed by atoms with Gasteiger partial charge in [-0.05, 0) is 26.7 Å². The maximum atomic E-state index is 12.8. The number of furan rings is 1. The minimum absolute atomic E-state index is 0.0863. The van der Waals surface area contributed by atoms with Crippen molar-refractivity contribution in [2.45, 2.75) is 44.2 Å². The van der Waals surface area contributed by atoms with Gasteiger partial charge < -0.3 is 10.2 Å². The first-order valence-corrected chi connectivity index (χ1v) is 7.79. The highest BCUT2D eigenvalue weighted by Gasteiger charge is 2.40. The van der Waals surface area contributed by atoms with Crippen LogP contribution >= 0.6 is 0 Å². The molecule has 0 aromatic carbocycles. The van der Waals surface area contributed by atoms with Crippen molar-refractivity contribution in [3.8, 4) is 0 Å². The van der Waals surface area contributed by atoms with Crippen molar-refractivity contribution in [1.82, 2.24) is 4.31 Å². The van der Waals surface area contributed by atoms with Crippen LogP contribution in [0.3, 0.4) is 0 Å². The summed E-state index contributed by atoms with van der Waals surface area (Å²) in [5.74, 6) is 0.987. The van der Waals surface area contributed by atoms with Crippen LogP contribution < -0.4 is 5.73 Å². The van der Waals surface area contributed by atoms with Crippen LogP contribution in [0.4, 0.5) is 0 Å². The quantitative estimate of drug-likeness (QED) is 0.807. The van der Waals surface area contributed by atoms with E-state index in [-0.39, 0.29) is 17.5 Å². The van der Waals surface area contributed by atoms with E-state index in [1.54, 1.807) is 19.9 Å². The van der Waals surface area contributed by atoms with Gasteiger partial charge in [-0.15, -0.1) is 6.58 Å². The summed E-state index contributed by atoms with van der Waals surface area (Å²) in [5.41, 5.74) is 6.24. The van der Waals surface area contributed by atoms with E-state index in [1.807, 2.05) is 0 Å². The lowest BCUT2D eigenvalue weighted by atomic mass is 10.2. The van der Waals surface area contributed by atoms with Gasteiger partial charge in [0, 0.05) is 24.7 Å². The van der Waals surface area contributed by atoms with Gasteiger partial charge in [-0.25, -0.2) is 8.42 Å². The van der Waals surface area contributed by atoms with Crippen LogP contribution in [-0.2, 0) is 16.6 Å². The average Bonchev–Trinajstić information content (AvgIpc) is 3.11. The number of hydrogen-bond donors (Lipinski definition) is 1. The van der Waals surface area contributed by atoms with Crippen LogP contribution in [0.5, 0.6) is 0 Å². The van der Waals surface area contributed by atoms with Gasteiger partial charge in [0.2, 0.25) is 10.0 Å². The molecule has 5 nitrogen and oxygen atoms in total. The molecule has 0 amide bonds. The summed E-state index contributed by atoms with van der Waals surface area (Å²) in [7, 11) is -3.56. The van der Waals surface area contributed by atoms with Crippen LogP contribution in [0.15, 0.2) is 22.0 Å². The third-order valence-corrected chi connectivity index (χ3v) is 5.47. The second kappa shape index (κ2) is 5.11. The fourth-order valence-corrected chi connectivity index (χ4v) is 4.42. The predicted octanol–water partition coefficient (Wildman–Crippen LogP) is 1.69. The topological polar surface area (TPSA) is 76.5 Å². The second-order valence-electron chi connectivity index (χ2n) is 4.82. The Morgan fingerprint density at radius 3 is 2.53 bits per heavy atom. The van der Waals surface area contributed by atoms with E-state index in [1.165, 1.54) is 4.31 Å². The fourth-order valence-electron chi connectivity index (χ4n) is 2.33. The predicted molar refractivity (Wildman–Crippen MR) is 73.2 cm³/mol. The minimum atomic E-state index is -3.56. The SMILES string of the molecule is C=CCN(C1CC1)S(=O)(=O)c1c(C)oc(C)c1CN. The number of sulfonamides is 1. The largest absolute Gasteiger partial charge is 0.465 e. The Hall–Kier alpha value is -1.11. The van der Waals surface area contributed by atoms with Gasteiger partial charge in [0.05, 0.1) is 0 Å². The molecule has 0 bridgehead atoms. The number of nitrogens with two attached hydrogens (primary N) is 1. The maximum absolute atomic E-state index is 12.8. The third-order valence-electron chi connectivity index (χ3n) is 3.36. The Morgan fingerprint density at radius 2 is 2.05 bits per heavy atom. The van der Waals surface area contributed by atoms with Gasteiger partial charge in [0.15, 0.2) is 0 Å². The Kier molecular flexibility index (Phi) is 3.85. The molecule has 1 aliphatic carbocycles. The third kappa shape index (κ3) is 2.48. The molecule has 0 saturated heterocycles. The van der Waals surface area contributed by atoms with E-state index in [9.17, 15) is 8.42 Å². The highest BCUT2D eigenvalue weighted by atomic mass is 32.2. The summed E-state index contributed by atoms with van der Waals surface area (Å²) >= 11 is 0. The molecule has 0 aliphatic heterocycles. The Bertz CT molecular complexity index is 585. The van der Waals surface area contributed by atoms with Crippen molar-refractivity contribution in [2.24, 2.45) is 5.73 Å². The lowest BCUT2D eigenvalue weighted by Gasteiger charge is -2.20. The van der Waals surface area contributed by atoms with E-state index in [0.29, 0.717) is 23.6 Å². The highest BCUT2D eigenvalue weighted by molar-refractivity contribution is 7.89. The Labute approximate surface area is 114 Å². The van der Waals surface area contributed by atoms with E-state index in [4.69, 9.17) is 10.2 Å². The molecule has 6 heteroatoms. The number of nitrogens with zero attached hydrogens (tertiary/aromatic N) is 1. The second-order valence-corrected chi connectivity index (χ2v) is 6.65. The Balaban J connectivity index is 2.51. The van der Waals surface area contributed by atoms with E-state index in [2.05, 4.69) is 6.58 Å². The van der Waals surface area contributed by atoms with E-state index < -0.39 is 10.0 Å². The lowest BCUT2D eigenvalue weighted by molar-refractivity contribution is 0.432. The summed E-state index contributed by atoms with van der Waals surface area (Å²) in [5, 5.41) is 0. The van der Waals surface area contributed by atoms with Crippen LogP contribution in [0.25, 0.3) is 0 Å². The number of aryl methyl sites for hydroxylation is 2. The Morgan fingerprint density at radius 1 is 1.42 bits per heavy atom. The summed E-state index contributed by atoms with van der Waals surface area (Å²) in [6.45, 7) is 7.51. The van der Waals surface area contributed by atoms with Gasteiger partial charge >= 0.3 is 0 Å². The van der Waals surface area contributed by atoms with Gasteiger partial charge in [-0.3, -0.25) is 0 Å². The van der Waals surface area contributed by atoms with Crippen LogP contribution in [0, 0.1) is 13.8 Å². The first kappa shape index (κ1) is 14.3. The smallest absolute Gasteiger partial charge is 0.247 e. The zero-order valence-electron chi connectivity index (χ0n) is 11.3. The molecule has 19 heavy (non-hydrogen) atoms. The van der Waals surface area contributed by atoms with Gasteiger partial charge in [-0.2, -0.15) is 4.31 Å². The first-order valence-electron chi connectivity index (χ1n) is 6.35. The van der Waals surface area contributed by atoms with Crippen molar-refractivity contribution in [3.63, 3.8) is 0 Å². The lowest BCUT2D eigenvalue weighted by Crippen LogP contribution is -2.34. The van der Waals surface area contributed by atoms with Crippen LogP contribution in [0.1, 0.15) is 29.9 Å². The molecule has 1 aliphatic rings. The molecule has 0 radical (unpaired) electrons. The molecule has 106 valence electrons.